The lowest BCUT2D eigenvalue weighted by molar-refractivity contribution is 0.316. The van der Waals surface area contributed by atoms with Gasteiger partial charge in [0.05, 0.1) is 20.2 Å². The molecular formula is C29H32N2O2Si. The van der Waals surface area contributed by atoms with Gasteiger partial charge in [-0.1, -0.05) is 86.4 Å². The smallest absolute Gasteiger partial charge is 0.216 e. The molecule has 0 N–H and O–H groups in total. The van der Waals surface area contributed by atoms with E-state index in [2.05, 4.69) is 86.4 Å². The van der Waals surface area contributed by atoms with E-state index in [0.717, 1.165) is 35.8 Å². The van der Waals surface area contributed by atoms with Crippen LogP contribution >= 0.6 is 0 Å². The zero-order valence-corrected chi connectivity index (χ0v) is 21.2. The van der Waals surface area contributed by atoms with Gasteiger partial charge < -0.3 is 9.47 Å². The van der Waals surface area contributed by atoms with Gasteiger partial charge in [-0.05, 0) is 41.3 Å². The number of rotatable bonds is 7. The molecular weight excluding hydrogens is 436 g/mol. The fourth-order valence-corrected chi connectivity index (χ4v) is 6.82. The lowest BCUT2D eigenvalue weighted by atomic mass is 10.1. The number of nitrogens with zero attached hydrogens (tertiary/aromatic N) is 2. The van der Waals surface area contributed by atoms with Gasteiger partial charge in [0.25, 0.3) is 0 Å². The summed E-state index contributed by atoms with van der Waals surface area (Å²) in [6, 6.07) is 27.7. The Morgan fingerprint density at radius 2 is 1.09 bits per heavy atom. The lowest BCUT2D eigenvalue weighted by Gasteiger charge is -2.24. The minimum Gasteiger partial charge on any atom is -0.475 e. The van der Waals surface area contributed by atoms with Crippen LogP contribution in [0.3, 0.4) is 0 Å². The Morgan fingerprint density at radius 1 is 0.647 bits per heavy atom. The number of hydrogen-bond donors (Lipinski definition) is 0. The first kappa shape index (κ1) is 22.6. The summed E-state index contributed by atoms with van der Waals surface area (Å²) in [5.74, 6) is 1.53. The molecule has 2 aliphatic rings. The zero-order chi connectivity index (χ0) is 23.5. The topological polar surface area (TPSA) is 43.2 Å². The van der Waals surface area contributed by atoms with Crippen molar-refractivity contribution < 1.29 is 9.47 Å². The van der Waals surface area contributed by atoms with Crippen LogP contribution in [0.5, 0.6) is 0 Å². The van der Waals surface area contributed by atoms with Crippen LogP contribution in [0.1, 0.15) is 22.3 Å². The maximum Gasteiger partial charge on any atom is 0.216 e. The van der Waals surface area contributed by atoms with Gasteiger partial charge in [-0.3, -0.25) is 0 Å². The van der Waals surface area contributed by atoms with Gasteiger partial charge >= 0.3 is 0 Å². The van der Waals surface area contributed by atoms with Gasteiger partial charge in [-0.2, -0.15) is 0 Å². The Bertz CT molecular complexity index is 1110. The number of hydrogen-bond acceptors (Lipinski definition) is 4. The molecule has 0 bridgehead atoms. The summed E-state index contributed by atoms with van der Waals surface area (Å²) < 4.78 is 12.3. The first-order chi connectivity index (χ1) is 16.5. The fraction of sp³-hybridized carbons (Fsp3) is 0.310. The molecule has 0 amide bonds. The third-order valence-corrected chi connectivity index (χ3v) is 8.37. The molecule has 2 heterocycles. The highest BCUT2D eigenvalue weighted by Gasteiger charge is 2.32. The van der Waals surface area contributed by atoms with Gasteiger partial charge in [0, 0.05) is 11.1 Å². The largest absolute Gasteiger partial charge is 0.475 e. The van der Waals surface area contributed by atoms with Gasteiger partial charge in [0.1, 0.15) is 13.2 Å². The minimum atomic E-state index is -1.77. The molecule has 3 aromatic rings. The first-order valence-electron chi connectivity index (χ1n) is 12.1. The first-order valence-corrected chi connectivity index (χ1v) is 15.6. The summed E-state index contributed by atoms with van der Waals surface area (Å²) in [6.07, 6.45) is 1.78. The minimum absolute atomic E-state index is 0.144. The Balaban J connectivity index is 1.44. The maximum atomic E-state index is 6.17. The summed E-state index contributed by atoms with van der Waals surface area (Å²) >= 11 is 0. The Hall–Kier alpha value is -3.18. The second-order valence-corrected chi connectivity index (χ2v) is 15.2. The van der Waals surface area contributed by atoms with Crippen molar-refractivity contribution in [2.45, 2.75) is 44.6 Å². The summed E-state index contributed by atoms with van der Waals surface area (Å²) in [5.41, 5.74) is 4.78. The van der Waals surface area contributed by atoms with Crippen molar-refractivity contribution in [3.63, 3.8) is 0 Å². The van der Waals surface area contributed by atoms with Crippen LogP contribution in [-0.2, 0) is 22.3 Å². The fourth-order valence-electron chi connectivity index (χ4n) is 4.82. The Labute approximate surface area is 203 Å². The van der Waals surface area contributed by atoms with E-state index >= 15 is 0 Å². The molecule has 2 atom stereocenters. The molecule has 0 aliphatic carbocycles. The molecule has 0 saturated heterocycles. The van der Waals surface area contributed by atoms with E-state index in [1.165, 1.54) is 16.3 Å². The molecule has 2 unspecified atom stereocenters. The third-order valence-electron chi connectivity index (χ3n) is 6.33. The second-order valence-electron chi connectivity index (χ2n) is 10.2. The highest BCUT2D eigenvalue weighted by molar-refractivity contribution is 6.90. The quantitative estimate of drug-likeness (QED) is 0.458. The van der Waals surface area contributed by atoms with Crippen molar-refractivity contribution in [3.05, 3.63) is 101 Å². The van der Waals surface area contributed by atoms with Crippen LogP contribution in [0.15, 0.2) is 88.8 Å². The zero-order valence-electron chi connectivity index (χ0n) is 20.2. The molecule has 3 aromatic carbocycles. The predicted molar refractivity (Wildman–Crippen MR) is 142 cm³/mol. The summed E-state index contributed by atoms with van der Waals surface area (Å²) in [5, 5.41) is 1.31. The van der Waals surface area contributed by atoms with Crippen molar-refractivity contribution >= 4 is 25.1 Å². The standard InChI is InChI=1S/C29H32N2O2Si/c1-34(2,3)27-25(28-30-23(19-32-28)17-21-11-6-4-7-12-21)15-10-16-26(27)29-31-24(20-33-29)18-22-13-8-5-9-14-22/h4-16,23-24H,17-20H2,1-3H3. The molecule has 2 aliphatic heterocycles. The van der Waals surface area contributed by atoms with Crippen LogP contribution in [0, 0.1) is 0 Å². The van der Waals surface area contributed by atoms with Crippen LogP contribution in [0.25, 0.3) is 0 Å². The molecule has 4 nitrogen and oxygen atoms in total. The molecule has 0 saturated carbocycles. The Morgan fingerprint density at radius 3 is 1.50 bits per heavy atom. The molecule has 0 spiro atoms. The summed E-state index contributed by atoms with van der Waals surface area (Å²) in [7, 11) is -1.77. The van der Waals surface area contributed by atoms with Gasteiger partial charge in [0.15, 0.2) is 0 Å². The molecule has 5 heteroatoms. The van der Waals surface area contributed by atoms with Gasteiger partial charge in [0.2, 0.25) is 11.8 Å². The van der Waals surface area contributed by atoms with E-state index < -0.39 is 8.07 Å². The monoisotopic (exact) mass is 468 g/mol. The van der Waals surface area contributed by atoms with Gasteiger partial charge in [-0.15, -0.1) is 0 Å². The van der Waals surface area contributed by atoms with E-state index in [1.807, 2.05) is 12.1 Å². The van der Waals surface area contributed by atoms with Crippen LogP contribution in [0.4, 0.5) is 0 Å². The number of ether oxygens (including phenoxy) is 2. The third kappa shape index (κ3) is 4.99. The number of aliphatic imine (C=N–C) groups is 2. The lowest BCUT2D eigenvalue weighted by Crippen LogP contribution is -2.45. The van der Waals surface area contributed by atoms with E-state index in [9.17, 15) is 0 Å². The SMILES string of the molecule is C[Si](C)(C)c1c(C2=NC(Cc3ccccc3)CO2)cccc1C1=NC(Cc2ccccc2)CO1. The maximum absolute atomic E-state index is 6.17. The molecule has 5 rings (SSSR count). The molecule has 0 aromatic heterocycles. The van der Waals surface area contributed by atoms with Crippen molar-refractivity contribution in [2.75, 3.05) is 13.2 Å². The van der Waals surface area contributed by atoms with E-state index in [-0.39, 0.29) is 12.1 Å². The summed E-state index contributed by atoms with van der Waals surface area (Å²) in [4.78, 5) is 10.0. The molecule has 0 radical (unpaired) electrons. The van der Waals surface area contributed by atoms with Gasteiger partial charge in [-0.25, -0.2) is 9.98 Å². The van der Waals surface area contributed by atoms with Crippen LogP contribution in [-0.4, -0.2) is 45.2 Å². The average molecular weight is 469 g/mol. The Kier molecular flexibility index (Phi) is 6.37. The highest BCUT2D eigenvalue weighted by atomic mass is 28.3. The average Bonchev–Trinajstić information content (AvgIpc) is 3.49. The molecule has 34 heavy (non-hydrogen) atoms. The van der Waals surface area contributed by atoms with Crippen LogP contribution < -0.4 is 5.19 Å². The van der Waals surface area contributed by atoms with E-state index in [0.29, 0.717) is 13.2 Å². The number of benzene rings is 3. The van der Waals surface area contributed by atoms with E-state index in [1.54, 1.807) is 0 Å². The summed E-state index contributed by atoms with van der Waals surface area (Å²) in [6.45, 7) is 8.34. The highest BCUT2D eigenvalue weighted by Crippen LogP contribution is 2.22. The van der Waals surface area contributed by atoms with Crippen molar-refractivity contribution in [1.82, 2.24) is 0 Å². The van der Waals surface area contributed by atoms with Crippen molar-refractivity contribution in [2.24, 2.45) is 9.98 Å². The van der Waals surface area contributed by atoms with E-state index in [4.69, 9.17) is 19.5 Å². The van der Waals surface area contributed by atoms with Crippen molar-refractivity contribution in [3.8, 4) is 0 Å². The van der Waals surface area contributed by atoms with Crippen LogP contribution in [0.2, 0.25) is 19.6 Å². The van der Waals surface area contributed by atoms with Crippen molar-refractivity contribution in [1.29, 1.82) is 0 Å². The predicted octanol–water partition coefficient (Wildman–Crippen LogP) is 5.01. The second kappa shape index (κ2) is 9.59. The molecule has 174 valence electrons. The normalized spacial score (nSPS) is 19.9. The molecule has 0 fully saturated rings.